The fraction of sp³-hybridized carbons (Fsp3) is 0.355. The number of benzene rings is 2. The maximum atomic E-state index is 13.3. The van der Waals surface area contributed by atoms with Gasteiger partial charge in [0.2, 0.25) is 23.6 Å². The molecule has 8 N–H and O–H groups in total. The van der Waals surface area contributed by atoms with Crippen LogP contribution < -0.4 is 27.0 Å². The molecule has 0 saturated carbocycles. The summed E-state index contributed by atoms with van der Waals surface area (Å²) in [5.41, 5.74) is 6.96. The van der Waals surface area contributed by atoms with Crippen LogP contribution in [0.5, 0.6) is 5.75 Å². The van der Waals surface area contributed by atoms with Crippen LogP contribution in [0.4, 0.5) is 5.13 Å². The van der Waals surface area contributed by atoms with Crippen LogP contribution in [0.25, 0.3) is 0 Å². The van der Waals surface area contributed by atoms with E-state index in [-0.39, 0.29) is 43.9 Å². The standard InChI is InChI=1S/C31H38N6O7S/c1-18(28(42)35-19(2)29(43)37-26(27(32)41)13-21-8-10-23(39)11-9-21)36-30(44)22(12-20-6-4-3-5-7-20)14-24(40)15-33-31-34-16-25(17-38)45-31/h3-11,16,18-19,22,26,38-39H,12-15,17H2,1-2H3,(H2,32,41)(H,33,34)(H,35,42)(H,36,44)(H,37,43)/t18-,19-,22+,26-/m0/s1. The van der Waals surface area contributed by atoms with Crippen LogP contribution in [0, 0.1) is 5.92 Å². The zero-order valence-electron chi connectivity index (χ0n) is 25.0. The summed E-state index contributed by atoms with van der Waals surface area (Å²) in [5.74, 6) is -3.55. The van der Waals surface area contributed by atoms with Gasteiger partial charge < -0.3 is 37.2 Å². The molecule has 3 aromatic rings. The van der Waals surface area contributed by atoms with Crippen LogP contribution in [0.1, 0.15) is 36.3 Å². The molecule has 2 aromatic carbocycles. The molecular formula is C31H38N6O7S. The molecule has 0 saturated heterocycles. The number of Topliss-reactive ketones (excluding diaryl/α,β-unsaturated/α-hetero) is 1. The Morgan fingerprint density at radius 3 is 2.04 bits per heavy atom. The number of nitrogens with two attached hydrogens (primary N) is 1. The summed E-state index contributed by atoms with van der Waals surface area (Å²) in [6.45, 7) is 2.66. The van der Waals surface area contributed by atoms with E-state index < -0.39 is 47.7 Å². The van der Waals surface area contributed by atoms with Gasteiger partial charge >= 0.3 is 0 Å². The van der Waals surface area contributed by atoms with Gasteiger partial charge in [-0.2, -0.15) is 0 Å². The number of aromatic hydroxyl groups is 1. The van der Waals surface area contributed by atoms with Gasteiger partial charge in [-0.1, -0.05) is 53.8 Å². The summed E-state index contributed by atoms with van der Waals surface area (Å²) in [7, 11) is 0. The predicted octanol–water partition coefficient (Wildman–Crippen LogP) is 0.793. The fourth-order valence-electron chi connectivity index (χ4n) is 4.33. The summed E-state index contributed by atoms with van der Waals surface area (Å²) in [4.78, 5) is 68.5. The number of carbonyl (C=O) groups excluding carboxylic acids is 5. The fourth-order valence-corrected chi connectivity index (χ4v) is 5.00. The molecule has 0 fully saturated rings. The van der Waals surface area contributed by atoms with E-state index in [4.69, 9.17) is 5.73 Å². The molecule has 14 heteroatoms. The molecule has 0 aliphatic rings. The maximum Gasteiger partial charge on any atom is 0.242 e. The molecule has 0 aliphatic carbocycles. The maximum absolute atomic E-state index is 13.3. The van der Waals surface area contributed by atoms with Crippen molar-refractivity contribution in [1.82, 2.24) is 20.9 Å². The minimum absolute atomic E-state index is 0.0515. The molecule has 4 amide bonds. The predicted molar refractivity (Wildman–Crippen MR) is 168 cm³/mol. The first-order chi connectivity index (χ1) is 21.4. The zero-order valence-corrected chi connectivity index (χ0v) is 25.8. The summed E-state index contributed by atoms with van der Waals surface area (Å²) in [5, 5.41) is 29.7. The third-order valence-corrected chi connectivity index (χ3v) is 7.80. The third-order valence-electron chi connectivity index (χ3n) is 6.86. The second-order valence-corrected chi connectivity index (χ2v) is 11.7. The number of nitrogens with zero attached hydrogens (tertiary/aromatic N) is 1. The lowest BCUT2D eigenvalue weighted by atomic mass is 9.93. The van der Waals surface area contributed by atoms with Crippen LogP contribution in [0.3, 0.4) is 0 Å². The number of hydrogen-bond donors (Lipinski definition) is 7. The van der Waals surface area contributed by atoms with Crippen molar-refractivity contribution in [3.8, 4) is 5.75 Å². The molecular weight excluding hydrogens is 600 g/mol. The number of rotatable bonds is 17. The first-order valence-corrected chi connectivity index (χ1v) is 15.1. The Morgan fingerprint density at radius 1 is 0.844 bits per heavy atom. The van der Waals surface area contributed by atoms with Gasteiger partial charge in [0.25, 0.3) is 0 Å². The van der Waals surface area contributed by atoms with Gasteiger partial charge in [0, 0.05) is 25.0 Å². The molecule has 0 unspecified atom stereocenters. The van der Waals surface area contributed by atoms with Crippen LogP contribution in [0.15, 0.2) is 60.8 Å². The molecule has 1 heterocycles. The molecule has 4 atom stereocenters. The van der Waals surface area contributed by atoms with Gasteiger partial charge in [-0.3, -0.25) is 24.0 Å². The lowest BCUT2D eigenvalue weighted by Crippen LogP contribution is -2.55. The number of primary amides is 1. The second kappa shape index (κ2) is 16.9. The van der Waals surface area contributed by atoms with Gasteiger partial charge in [0.1, 0.15) is 23.9 Å². The average molecular weight is 639 g/mol. The van der Waals surface area contributed by atoms with Crippen molar-refractivity contribution < 1.29 is 34.2 Å². The number of carbonyl (C=O) groups is 5. The SMILES string of the molecule is C[C@H](NC(=O)[C@@H](CC(=O)CNc1ncc(CO)s1)Cc1ccccc1)C(=O)N[C@@H](C)C(=O)N[C@@H](Cc1ccc(O)cc1)C(N)=O. The molecule has 0 spiro atoms. The Morgan fingerprint density at radius 2 is 1.44 bits per heavy atom. The van der Waals surface area contributed by atoms with Crippen LogP contribution >= 0.6 is 11.3 Å². The zero-order chi connectivity index (χ0) is 32.9. The number of phenols is 1. The number of nitrogens with one attached hydrogen (secondary N) is 4. The minimum Gasteiger partial charge on any atom is -0.508 e. The Hall–Kier alpha value is -4.82. The van der Waals surface area contributed by atoms with Crippen molar-refractivity contribution in [3.05, 3.63) is 76.8 Å². The first kappa shape index (κ1) is 34.7. The highest BCUT2D eigenvalue weighted by Gasteiger charge is 2.28. The number of thiazole rings is 1. The van der Waals surface area contributed by atoms with Crippen molar-refractivity contribution in [3.63, 3.8) is 0 Å². The lowest BCUT2D eigenvalue weighted by molar-refractivity contribution is -0.134. The van der Waals surface area contributed by atoms with Crippen LogP contribution in [0.2, 0.25) is 0 Å². The average Bonchev–Trinajstić information content (AvgIpc) is 3.49. The summed E-state index contributed by atoms with van der Waals surface area (Å²) in [6, 6.07) is 12.1. The van der Waals surface area contributed by atoms with E-state index in [0.29, 0.717) is 15.6 Å². The van der Waals surface area contributed by atoms with Crippen LogP contribution in [-0.2, 0) is 43.4 Å². The molecule has 1 aromatic heterocycles. The normalized spacial score (nSPS) is 13.5. The van der Waals surface area contributed by atoms with E-state index in [0.717, 1.165) is 5.56 Å². The highest BCUT2D eigenvalue weighted by molar-refractivity contribution is 7.15. The lowest BCUT2D eigenvalue weighted by Gasteiger charge is -2.23. The topological polar surface area (TPSA) is 213 Å². The highest BCUT2D eigenvalue weighted by Crippen LogP contribution is 2.19. The Bertz CT molecular complexity index is 1460. The number of anilines is 1. The van der Waals surface area contributed by atoms with Crippen molar-refractivity contribution in [2.24, 2.45) is 11.7 Å². The van der Waals surface area contributed by atoms with Crippen molar-refractivity contribution in [2.45, 2.75) is 57.8 Å². The molecule has 0 radical (unpaired) electrons. The van der Waals surface area contributed by atoms with Crippen molar-refractivity contribution >= 4 is 45.9 Å². The number of aliphatic hydroxyl groups is 1. The third kappa shape index (κ3) is 11.3. The number of hydrogen-bond acceptors (Lipinski definition) is 10. The summed E-state index contributed by atoms with van der Waals surface area (Å²) in [6.07, 6.45) is 1.74. The number of amides is 4. The monoisotopic (exact) mass is 638 g/mol. The van der Waals surface area contributed by atoms with Gasteiger partial charge in [-0.05, 0) is 43.5 Å². The van der Waals surface area contributed by atoms with Gasteiger partial charge in [0.15, 0.2) is 10.9 Å². The number of aliphatic hydroxyl groups excluding tert-OH is 1. The van der Waals surface area contributed by atoms with E-state index in [1.807, 2.05) is 30.3 Å². The molecule has 240 valence electrons. The van der Waals surface area contributed by atoms with Gasteiger partial charge in [-0.25, -0.2) is 4.98 Å². The number of phenolic OH excluding ortho intramolecular Hbond substituents is 1. The van der Waals surface area contributed by atoms with E-state index in [2.05, 4.69) is 26.3 Å². The van der Waals surface area contributed by atoms with E-state index >= 15 is 0 Å². The summed E-state index contributed by atoms with van der Waals surface area (Å²) < 4.78 is 0. The smallest absolute Gasteiger partial charge is 0.242 e. The van der Waals surface area contributed by atoms with E-state index in [1.54, 1.807) is 12.1 Å². The minimum atomic E-state index is -1.07. The van der Waals surface area contributed by atoms with Gasteiger partial charge in [0.05, 0.1) is 18.0 Å². The van der Waals surface area contributed by atoms with E-state index in [9.17, 15) is 34.2 Å². The van der Waals surface area contributed by atoms with E-state index in [1.165, 1.54) is 43.5 Å². The Kier molecular flexibility index (Phi) is 13.0. The number of ketones is 1. The van der Waals surface area contributed by atoms with Crippen LogP contribution in [-0.4, -0.2) is 69.3 Å². The highest BCUT2D eigenvalue weighted by atomic mass is 32.1. The summed E-state index contributed by atoms with van der Waals surface area (Å²) >= 11 is 1.22. The van der Waals surface area contributed by atoms with Crippen molar-refractivity contribution in [2.75, 3.05) is 11.9 Å². The quantitative estimate of drug-likeness (QED) is 0.111. The number of aromatic nitrogens is 1. The second-order valence-electron chi connectivity index (χ2n) is 10.6. The largest absolute Gasteiger partial charge is 0.508 e. The van der Waals surface area contributed by atoms with Gasteiger partial charge in [-0.15, -0.1) is 0 Å². The molecule has 0 aliphatic heterocycles. The molecule has 13 nitrogen and oxygen atoms in total. The molecule has 45 heavy (non-hydrogen) atoms. The van der Waals surface area contributed by atoms with Crippen molar-refractivity contribution in [1.29, 1.82) is 0 Å². The molecule has 3 rings (SSSR count). The Labute approximate surface area is 264 Å². The Balaban J connectivity index is 1.57. The molecule has 0 bridgehead atoms. The first-order valence-electron chi connectivity index (χ1n) is 14.3.